The van der Waals surface area contributed by atoms with Gasteiger partial charge in [-0.25, -0.2) is 0 Å². The van der Waals surface area contributed by atoms with Crippen LogP contribution in [-0.4, -0.2) is 57.2 Å². The molecular weight excluding hydrogens is 303 g/mol. The summed E-state index contributed by atoms with van der Waals surface area (Å²) in [4.78, 5) is 22.4. The normalized spacial score (nSPS) is 13.1. The molecule has 9 heteroatoms. The number of aliphatic carboxylic acids is 1. The lowest BCUT2D eigenvalue weighted by molar-refractivity contribution is -0.143. The fourth-order valence-corrected chi connectivity index (χ4v) is 2.63. The predicted molar refractivity (Wildman–Crippen MR) is 74.4 cm³/mol. The van der Waals surface area contributed by atoms with E-state index in [1.165, 1.54) is 21.3 Å². The van der Waals surface area contributed by atoms with Gasteiger partial charge in [0.2, 0.25) is 0 Å². The van der Waals surface area contributed by atoms with Gasteiger partial charge in [-0.05, 0) is 12.8 Å². The number of ether oxygens (including phenoxy) is 2. The van der Waals surface area contributed by atoms with Gasteiger partial charge in [0, 0.05) is 27.8 Å². The maximum absolute atomic E-state index is 11.8. The minimum Gasteiger partial charge on any atom is -0.481 e. The van der Waals surface area contributed by atoms with Crippen LogP contribution < -0.4 is 0 Å². The van der Waals surface area contributed by atoms with Crippen molar-refractivity contribution in [3.8, 4) is 0 Å². The van der Waals surface area contributed by atoms with Gasteiger partial charge >= 0.3 is 13.6 Å². The van der Waals surface area contributed by atoms with Gasteiger partial charge in [0.25, 0.3) is 0 Å². The van der Waals surface area contributed by atoms with Crippen molar-refractivity contribution in [3.63, 3.8) is 0 Å². The largest absolute Gasteiger partial charge is 0.481 e. The Labute approximate surface area is 124 Å². The van der Waals surface area contributed by atoms with Crippen LogP contribution in [0.5, 0.6) is 0 Å². The van der Waals surface area contributed by atoms with Gasteiger partial charge in [0.15, 0.2) is 0 Å². The number of Topliss-reactive ketones (excluding diaryl/α,β-unsaturated/α-hetero) is 1. The first-order valence-corrected chi connectivity index (χ1v) is 8.14. The minimum absolute atomic E-state index is 0.00551. The highest BCUT2D eigenvalue weighted by atomic mass is 31.2. The number of hydrogen-bond acceptors (Lipinski definition) is 7. The lowest BCUT2D eigenvalue weighted by Gasteiger charge is -2.15. The Balaban J connectivity index is 4.15. The van der Waals surface area contributed by atoms with Gasteiger partial charge in [0.05, 0.1) is 12.5 Å². The molecule has 0 aromatic heterocycles. The molecule has 0 saturated carbocycles. The second-order valence-corrected chi connectivity index (χ2v) is 6.63. The summed E-state index contributed by atoms with van der Waals surface area (Å²) in [6.45, 7) is -0.00551. The molecule has 1 atom stereocenters. The first-order valence-electron chi connectivity index (χ1n) is 6.41. The summed E-state index contributed by atoms with van der Waals surface area (Å²) in [5.74, 6) is -1.24. The molecule has 0 spiro atoms. The first-order chi connectivity index (χ1) is 9.86. The number of carbonyl (C=O) groups excluding carboxylic acids is 1. The van der Waals surface area contributed by atoms with Gasteiger partial charge in [-0.15, -0.1) is 0 Å². The molecule has 0 fully saturated rings. The average molecular weight is 326 g/mol. The summed E-state index contributed by atoms with van der Waals surface area (Å²) >= 11 is 0. The van der Waals surface area contributed by atoms with Crippen LogP contribution in [-0.2, 0) is 32.7 Å². The van der Waals surface area contributed by atoms with Crippen LogP contribution in [0.2, 0.25) is 0 Å². The van der Waals surface area contributed by atoms with E-state index in [0.717, 1.165) is 0 Å². The van der Waals surface area contributed by atoms with Crippen molar-refractivity contribution in [2.24, 2.45) is 0 Å². The third-order valence-electron chi connectivity index (χ3n) is 2.73. The minimum atomic E-state index is -3.34. The molecule has 0 heterocycles. The lowest BCUT2D eigenvalue weighted by atomic mass is 10.1. The van der Waals surface area contributed by atoms with Crippen molar-refractivity contribution in [1.82, 2.24) is 0 Å². The van der Waals surface area contributed by atoms with E-state index < -0.39 is 19.7 Å². The third-order valence-corrected chi connectivity index (χ3v) is 4.58. The number of rotatable bonds is 13. The predicted octanol–water partition coefficient (Wildman–Crippen LogP) is 1.68. The molecule has 124 valence electrons. The second-order valence-electron chi connectivity index (χ2n) is 4.36. The molecule has 0 saturated heterocycles. The van der Waals surface area contributed by atoms with E-state index >= 15 is 0 Å². The Morgan fingerprint density at radius 2 is 1.81 bits per heavy atom. The molecule has 8 nitrogen and oxygen atoms in total. The maximum atomic E-state index is 11.8. The van der Waals surface area contributed by atoms with Crippen molar-refractivity contribution in [1.29, 1.82) is 0 Å². The Hall–Kier alpha value is -0.790. The SMILES string of the molecule is COCO[C@H](CCCC(=O)CP(=O)(OC)OC)CC(=O)O. The van der Waals surface area contributed by atoms with Gasteiger partial charge in [-0.1, -0.05) is 0 Å². The second kappa shape index (κ2) is 10.9. The smallest absolute Gasteiger partial charge is 0.337 e. The summed E-state index contributed by atoms with van der Waals surface area (Å²) in [5.41, 5.74) is 0. The molecule has 21 heavy (non-hydrogen) atoms. The first kappa shape index (κ1) is 20.2. The lowest BCUT2D eigenvalue weighted by Crippen LogP contribution is -2.19. The topological polar surface area (TPSA) is 108 Å². The van der Waals surface area contributed by atoms with E-state index in [1.807, 2.05) is 0 Å². The summed E-state index contributed by atoms with van der Waals surface area (Å²) in [6.07, 6.45) is 0.00388. The molecule has 0 bridgehead atoms. The van der Waals surface area contributed by atoms with Crippen LogP contribution >= 0.6 is 7.60 Å². The number of hydrogen-bond donors (Lipinski definition) is 1. The van der Waals surface area contributed by atoms with Gasteiger partial charge in [0.1, 0.15) is 18.7 Å². The zero-order valence-corrected chi connectivity index (χ0v) is 13.5. The molecule has 0 aliphatic rings. The zero-order valence-electron chi connectivity index (χ0n) is 12.6. The van der Waals surface area contributed by atoms with E-state index in [2.05, 4.69) is 9.05 Å². The van der Waals surface area contributed by atoms with Gasteiger partial charge in [-0.3, -0.25) is 14.2 Å². The highest BCUT2D eigenvalue weighted by Crippen LogP contribution is 2.46. The summed E-state index contributed by atoms with van der Waals surface area (Å²) in [5, 5.41) is 8.75. The fourth-order valence-electron chi connectivity index (χ4n) is 1.63. The fraction of sp³-hybridized carbons (Fsp3) is 0.833. The van der Waals surface area contributed by atoms with E-state index in [4.69, 9.17) is 14.6 Å². The summed E-state index contributed by atoms with van der Waals surface area (Å²) in [7, 11) is 0.545. The Kier molecular flexibility index (Phi) is 10.5. The van der Waals surface area contributed by atoms with Crippen LogP contribution in [0.1, 0.15) is 25.7 Å². The van der Waals surface area contributed by atoms with E-state index in [0.29, 0.717) is 12.8 Å². The molecular formula is C12H23O8P. The Morgan fingerprint density at radius 3 is 2.29 bits per heavy atom. The van der Waals surface area contributed by atoms with Crippen molar-refractivity contribution in [2.45, 2.75) is 31.8 Å². The van der Waals surface area contributed by atoms with Gasteiger partial charge in [-0.2, -0.15) is 0 Å². The van der Waals surface area contributed by atoms with Crippen LogP contribution in [0, 0.1) is 0 Å². The standard InChI is InChI=1S/C12H23O8P/c1-17-9-20-11(7-12(14)15)6-4-5-10(13)8-21(16,18-2)19-3/h11H,4-9H2,1-3H3,(H,14,15)/t11-/m1/s1. The number of carboxylic acids is 1. The molecule has 0 aliphatic heterocycles. The molecule has 1 N–H and O–H groups in total. The number of methoxy groups -OCH3 is 1. The van der Waals surface area contributed by atoms with Gasteiger partial charge < -0.3 is 23.6 Å². The molecule has 0 radical (unpaired) electrons. The molecule has 0 aromatic carbocycles. The van der Waals surface area contributed by atoms with Crippen LogP contribution in [0.15, 0.2) is 0 Å². The highest BCUT2D eigenvalue weighted by Gasteiger charge is 2.25. The van der Waals surface area contributed by atoms with E-state index in [-0.39, 0.29) is 31.6 Å². The number of carbonyl (C=O) groups is 2. The molecule has 0 aliphatic carbocycles. The molecule has 0 amide bonds. The highest BCUT2D eigenvalue weighted by molar-refractivity contribution is 7.54. The van der Waals surface area contributed by atoms with E-state index in [1.54, 1.807) is 0 Å². The van der Waals surface area contributed by atoms with Crippen molar-refractivity contribution in [3.05, 3.63) is 0 Å². The summed E-state index contributed by atoms with van der Waals surface area (Å²) in [6, 6.07) is 0. The Morgan fingerprint density at radius 1 is 1.19 bits per heavy atom. The Bertz CT molecular complexity index is 362. The molecule has 0 rings (SSSR count). The summed E-state index contributed by atoms with van der Waals surface area (Å²) < 4.78 is 31.1. The average Bonchev–Trinajstić information content (AvgIpc) is 2.43. The van der Waals surface area contributed by atoms with Crippen molar-refractivity contribution < 1.29 is 37.8 Å². The van der Waals surface area contributed by atoms with Crippen molar-refractivity contribution in [2.75, 3.05) is 34.3 Å². The van der Waals surface area contributed by atoms with Crippen LogP contribution in [0.3, 0.4) is 0 Å². The van der Waals surface area contributed by atoms with Crippen LogP contribution in [0.4, 0.5) is 0 Å². The monoisotopic (exact) mass is 326 g/mol. The third kappa shape index (κ3) is 9.71. The van der Waals surface area contributed by atoms with Crippen molar-refractivity contribution >= 4 is 19.3 Å². The number of carboxylic acid groups (broad SMARTS) is 1. The molecule has 0 unspecified atom stereocenters. The van der Waals surface area contributed by atoms with Crippen LogP contribution in [0.25, 0.3) is 0 Å². The quantitative estimate of drug-likeness (QED) is 0.402. The maximum Gasteiger partial charge on any atom is 0.337 e. The number of ketones is 1. The van der Waals surface area contributed by atoms with E-state index in [9.17, 15) is 14.2 Å². The zero-order chi connectivity index (χ0) is 16.3. The molecule has 0 aromatic rings.